The molecule has 0 saturated carbocycles. The molecule has 0 aromatic heterocycles. The lowest BCUT2D eigenvalue weighted by Gasteiger charge is -2.47. The molecule has 1 N–H and O–H groups in total. The second-order valence-corrected chi connectivity index (χ2v) is 10.1. The van der Waals surface area contributed by atoms with Crippen LogP contribution in [-0.2, 0) is 12.0 Å². The lowest BCUT2D eigenvalue weighted by molar-refractivity contribution is -0.0256. The van der Waals surface area contributed by atoms with Gasteiger partial charge in [-0.15, -0.1) is 24.8 Å². The van der Waals surface area contributed by atoms with Crippen LogP contribution >= 0.6 is 47.4 Å². The summed E-state index contributed by atoms with van der Waals surface area (Å²) in [5.74, 6) is 0. The second kappa shape index (κ2) is 10.5. The van der Waals surface area contributed by atoms with Gasteiger partial charge >= 0.3 is 0 Å². The predicted molar refractivity (Wildman–Crippen MR) is 141 cm³/mol. The van der Waals surface area contributed by atoms with E-state index in [2.05, 4.69) is 93.1 Å². The van der Waals surface area contributed by atoms with E-state index in [1.807, 2.05) is 0 Å². The van der Waals surface area contributed by atoms with E-state index in [4.69, 9.17) is 0 Å². The quantitative estimate of drug-likeness (QED) is 0.517. The van der Waals surface area contributed by atoms with Gasteiger partial charge in [-0.25, -0.2) is 0 Å². The van der Waals surface area contributed by atoms with Crippen molar-refractivity contribution in [1.29, 1.82) is 0 Å². The number of nitrogens with zero attached hydrogens (tertiary/aromatic N) is 2. The van der Waals surface area contributed by atoms with E-state index in [1.165, 1.54) is 20.3 Å². The Labute approximate surface area is 211 Å². The van der Waals surface area contributed by atoms with Gasteiger partial charge < -0.3 is 5.11 Å². The van der Waals surface area contributed by atoms with Gasteiger partial charge in [-0.1, -0.05) is 48.6 Å². The molecule has 2 heterocycles. The van der Waals surface area contributed by atoms with E-state index < -0.39 is 0 Å². The summed E-state index contributed by atoms with van der Waals surface area (Å²) in [6.07, 6.45) is 7.73. The summed E-state index contributed by atoms with van der Waals surface area (Å²) in [7, 11) is 0. The summed E-state index contributed by atoms with van der Waals surface area (Å²) in [6.45, 7) is 5.06. The highest BCUT2D eigenvalue weighted by Gasteiger charge is 2.41. The molecule has 2 atom stereocenters. The molecule has 3 nitrogen and oxygen atoms in total. The van der Waals surface area contributed by atoms with Crippen LogP contribution in [-0.4, -0.2) is 53.2 Å². The summed E-state index contributed by atoms with van der Waals surface area (Å²) in [5.41, 5.74) is 4.48. The van der Waals surface area contributed by atoms with Crippen LogP contribution in [0.2, 0.25) is 0 Å². The number of piperidine rings is 2. The summed E-state index contributed by atoms with van der Waals surface area (Å²) in [5, 5.41) is 10.8. The van der Waals surface area contributed by atoms with E-state index in [9.17, 15) is 5.11 Å². The van der Waals surface area contributed by atoms with Crippen molar-refractivity contribution in [1.82, 2.24) is 9.80 Å². The third-order valence-electron chi connectivity index (χ3n) is 7.19. The maximum absolute atomic E-state index is 10.8. The van der Waals surface area contributed by atoms with Gasteiger partial charge in [0, 0.05) is 34.7 Å². The van der Waals surface area contributed by atoms with Crippen LogP contribution in [0.4, 0.5) is 0 Å². The number of likely N-dealkylation sites (tertiary alicyclic amines) is 2. The van der Waals surface area contributed by atoms with Crippen molar-refractivity contribution in [3.63, 3.8) is 0 Å². The Balaban J connectivity index is 0.00000136. The smallest absolute Gasteiger partial charge is 0.0720 e. The first-order valence-electron chi connectivity index (χ1n) is 10.8. The molecule has 168 valence electrons. The molecular formula is C25H31Cl2IN2O. The minimum absolute atomic E-state index is 0. The van der Waals surface area contributed by atoms with Crippen molar-refractivity contribution >= 4 is 53.5 Å². The van der Waals surface area contributed by atoms with Gasteiger partial charge in [0.25, 0.3) is 0 Å². The third kappa shape index (κ3) is 5.15. The number of hydrogen-bond donors (Lipinski definition) is 1. The third-order valence-corrected chi connectivity index (χ3v) is 7.91. The number of allylic oxidation sites excluding steroid dienone is 1. The van der Waals surface area contributed by atoms with Crippen molar-refractivity contribution in [3.05, 3.63) is 74.9 Å². The van der Waals surface area contributed by atoms with E-state index in [0.717, 1.165) is 52.0 Å². The average Bonchev–Trinajstić information content (AvgIpc) is 3.10. The highest BCUT2D eigenvalue weighted by atomic mass is 127. The molecule has 2 saturated heterocycles. The van der Waals surface area contributed by atoms with Crippen LogP contribution in [0, 0.1) is 3.57 Å². The fraction of sp³-hybridized carbons (Fsp3) is 0.440. The molecule has 1 aliphatic carbocycles. The minimum atomic E-state index is -0.205. The number of aliphatic hydroxyl groups is 1. The zero-order valence-corrected chi connectivity index (χ0v) is 21.4. The zero-order valence-electron chi connectivity index (χ0n) is 17.6. The van der Waals surface area contributed by atoms with Gasteiger partial charge in [0.15, 0.2) is 0 Å². The molecule has 0 amide bonds. The maximum Gasteiger partial charge on any atom is 0.0720 e. The number of benzene rings is 2. The summed E-state index contributed by atoms with van der Waals surface area (Å²) >= 11 is 2.36. The van der Waals surface area contributed by atoms with E-state index in [-0.39, 0.29) is 42.4 Å². The Morgan fingerprint density at radius 1 is 0.968 bits per heavy atom. The molecule has 31 heavy (non-hydrogen) atoms. The van der Waals surface area contributed by atoms with Crippen LogP contribution < -0.4 is 0 Å². The molecule has 2 aliphatic heterocycles. The number of aliphatic hydroxyl groups excluding tert-OH is 1. The number of halogens is 3. The number of hydrogen-bond acceptors (Lipinski definition) is 3. The molecular weight excluding hydrogens is 542 g/mol. The van der Waals surface area contributed by atoms with Crippen LogP contribution in [0.25, 0.3) is 6.08 Å². The van der Waals surface area contributed by atoms with Crippen LogP contribution in [0.15, 0.2) is 54.6 Å². The van der Waals surface area contributed by atoms with Crippen molar-refractivity contribution < 1.29 is 5.11 Å². The largest absolute Gasteiger partial charge is 0.391 e. The van der Waals surface area contributed by atoms with Crippen molar-refractivity contribution in [2.45, 2.75) is 43.4 Å². The molecule has 0 bridgehead atoms. The predicted octanol–water partition coefficient (Wildman–Crippen LogP) is 5.13. The van der Waals surface area contributed by atoms with Crippen molar-refractivity contribution in [3.8, 4) is 0 Å². The first kappa shape index (κ1) is 25.0. The molecule has 1 spiro atoms. The lowest BCUT2D eigenvalue weighted by atomic mass is 9.74. The Morgan fingerprint density at radius 3 is 2.42 bits per heavy atom. The summed E-state index contributed by atoms with van der Waals surface area (Å²) < 4.78 is 1.28. The molecule has 5 rings (SSSR count). The first-order valence-corrected chi connectivity index (χ1v) is 11.9. The van der Waals surface area contributed by atoms with Gasteiger partial charge in [0.2, 0.25) is 0 Å². The first-order chi connectivity index (χ1) is 14.1. The van der Waals surface area contributed by atoms with Gasteiger partial charge in [-0.05, 0) is 83.8 Å². The molecule has 6 heteroatoms. The Hall–Kier alpha value is -0.630. The number of fused-ring (bicyclic) bond motifs is 2. The highest BCUT2D eigenvalue weighted by molar-refractivity contribution is 14.1. The number of rotatable bonds is 3. The standard InChI is InChI=1S/C25H29IN2O.2ClH/c26-21-7-5-19(6-8-21)17-27-14-10-24(29)23(18-27)28-15-12-25(13-16-28)11-9-20-3-1-2-4-22(20)25;;/h1-9,11,23-24,29H,10,12-18H2;2*1H. The summed E-state index contributed by atoms with van der Waals surface area (Å²) in [6, 6.07) is 17.9. The summed E-state index contributed by atoms with van der Waals surface area (Å²) in [4.78, 5) is 5.08. The van der Waals surface area contributed by atoms with Gasteiger partial charge in [-0.2, -0.15) is 0 Å². The van der Waals surface area contributed by atoms with E-state index >= 15 is 0 Å². The maximum atomic E-state index is 10.8. The monoisotopic (exact) mass is 572 g/mol. The molecule has 2 aromatic rings. The van der Waals surface area contributed by atoms with E-state index in [0.29, 0.717) is 0 Å². The van der Waals surface area contributed by atoms with Crippen LogP contribution in [0.5, 0.6) is 0 Å². The molecule has 2 fully saturated rings. The van der Waals surface area contributed by atoms with Gasteiger partial charge in [-0.3, -0.25) is 9.80 Å². The zero-order chi connectivity index (χ0) is 19.8. The molecule has 2 aromatic carbocycles. The molecule has 2 unspecified atom stereocenters. The molecule has 3 aliphatic rings. The Kier molecular flexibility index (Phi) is 8.50. The topological polar surface area (TPSA) is 26.7 Å². The van der Waals surface area contributed by atoms with Gasteiger partial charge in [0.1, 0.15) is 0 Å². The Morgan fingerprint density at radius 2 is 1.68 bits per heavy atom. The normalized spacial score (nSPS) is 25.0. The fourth-order valence-corrected chi connectivity index (χ4v) is 5.82. The van der Waals surface area contributed by atoms with Crippen LogP contribution in [0.1, 0.15) is 36.0 Å². The Bertz CT molecular complexity index is 897. The van der Waals surface area contributed by atoms with Crippen molar-refractivity contribution in [2.75, 3.05) is 26.2 Å². The van der Waals surface area contributed by atoms with E-state index in [1.54, 1.807) is 0 Å². The minimum Gasteiger partial charge on any atom is -0.391 e. The van der Waals surface area contributed by atoms with Crippen molar-refractivity contribution in [2.24, 2.45) is 0 Å². The SMILES string of the molecule is Cl.Cl.OC1CCN(Cc2ccc(I)cc2)CC1N1CCC2(C=Cc3ccccc32)CC1. The lowest BCUT2D eigenvalue weighted by Crippen LogP contribution is -2.57. The second-order valence-electron chi connectivity index (χ2n) is 8.90. The van der Waals surface area contributed by atoms with Gasteiger partial charge in [0.05, 0.1) is 6.10 Å². The fourth-order valence-electron chi connectivity index (χ4n) is 5.46. The molecule has 0 radical (unpaired) electrons. The van der Waals surface area contributed by atoms with Crippen LogP contribution in [0.3, 0.4) is 0 Å². The average molecular weight is 573 g/mol. The highest BCUT2D eigenvalue weighted by Crippen LogP contribution is 2.44.